The number of aliphatic hydroxyl groups excluding tert-OH is 1. The van der Waals surface area contributed by atoms with E-state index in [2.05, 4.69) is 15.5 Å². The first-order valence-electron chi connectivity index (χ1n) is 10.3. The van der Waals surface area contributed by atoms with Gasteiger partial charge in [-0.15, -0.1) is 0 Å². The van der Waals surface area contributed by atoms with E-state index in [9.17, 15) is 14.7 Å². The number of hydrogen-bond acceptors (Lipinski definition) is 5. The van der Waals surface area contributed by atoms with Crippen molar-refractivity contribution in [3.8, 4) is 0 Å². The van der Waals surface area contributed by atoms with E-state index < -0.39 is 24.5 Å². The summed E-state index contributed by atoms with van der Waals surface area (Å²) in [6.45, 7) is 2.57. The second-order valence-electron chi connectivity index (χ2n) is 7.41. The Morgan fingerprint density at radius 2 is 1.68 bits per heavy atom. The third kappa shape index (κ3) is 5.02. The standard InChI is InChI=1S/C24H25N3O4/c28-16-22(26-23(29)19-6-5-17-3-1-2-4-18(17)15-19)24(30)25-20-7-9-21(10-8-20)27-11-13-31-14-12-27/h1-10,15,22,28H,11-14,16H2,(H,25,30)(H,26,29). The smallest absolute Gasteiger partial charge is 0.252 e. The van der Waals surface area contributed by atoms with Gasteiger partial charge in [-0.25, -0.2) is 0 Å². The summed E-state index contributed by atoms with van der Waals surface area (Å²) in [4.78, 5) is 27.4. The van der Waals surface area contributed by atoms with E-state index in [4.69, 9.17) is 4.74 Å². The zero-order valence-corrected chi connectivity index (χ0v) is 17.1. The molecular weight excluding hydrogens is 394 g/mol. The third-order valence-electron chi connectivity index (χ3n) is 5.33. The van der Waals surface area contributed by atoms with Crippen molar-refractivity contribution in [3.63, 3.8) is 0 Å². The fourth-order valence-corrected chi connectivity index (χ4v) is 3.57. The van der Waals surface area contributed by atoms with E-state index in [-0.39, 0.29) is 0 Å². The summed E-state index contributed by atoms with van der Waals surface area (Å²) >= 11 is 0. The van der Waals surface area contributed by atoms with Crippen LogP contribution >= 0.6 is 0 Å². The van der Waals surface area contributed by atoms with Gasteiger partial charge in [-0.1, -0.05) is 30.3 Å². The summed E-state index contributed by atoms with van der Waals surface area (Å²) < 4.78 is 5.36. The summed E-state index contributed by atoms with van der Waals surface area (Å²) in [5, 5.41) is 17.0. The van der Waals surface area contributed by atoms with Crippen molar-refractivity contribution in [2.24, 2.45) is 0 Å². The summed E-state index contributed by atoms with van der Waals surface area (Å²) in [5.74, 6) is -0.890. The minimum atomic E-state index is -1.06. The van der Waals surface area contributed by atoms with Gasteiger partial charge in [-0.3, -0.25) is 9.59 Å². The number of rotatable bonds is 6. The van der Waals surface area contributed by atoms with Crippen LogP contribution in [0, 0.1) is 0 Å². The lowest BCUT2D eigenvalue weighted by Gasteiger charge is -2.29. The van der Waals surface area contributed by atoms with Gasteiger partial charge in [0, 0.05) is 30.0 Å². The number of anilines is 2. The predicted octanol–water partition coefficient (Wildman–Crippen LogP) is 2.41. The summed E-state index contributed by atoms with van der Waals surface area (Å²) in [7, 11) is 0. The number of fused-ring (bicyclic) bond motifs is 1. The molecule has 7 nitrogen and oxygen atoms in total. The molecule has 31 heavy (non-hydrogen) atoms. The minimum Gasteiger partial charge on any atom is -0.394 e. The molecule has 0 saturated carbocycles. The average Bonchev–Trinajstić information content (AvgIpc) is 2.83. The van der Waals surface area contributed by atoms with Gasteiger partial charge < -0.3 is 25.4 Å². The van der Waals surface area contributed by atoms with Crippen LogP contribution in [0.2, 0.25) is 0 Å². The number of nitrogens with one attached hydrogen (secondary N) is 2. The van der Waals surface area contributed by atoms with E-state index in [1.807, 2.05) is 54.6 Å². The van der Waals surface area contributed by atoms with Crippen LogP contribution in [0.4, 0.5) is 11.4 Å². The van der Waals surface area contributed by atoms with Crippen molar-refractivity contribution < 1.29 is 19.4 Å². The van der Waals surface area contributed by atoms with Crippen molar-refractivity contribution in [1.29, 1.82) is 0 Å². The number of carbonyl (C=O) groups is 2. The fourth-order valence-electron chi connectivity index (χ4n) is 3.57. The second-order valence-corrected chi connectivity index (χ2v) is 7.41. The molecule has 3 N–H and O–H groups in total. The van der Waals surface area contributed by atoms with Crippen LogP contribution in [0.25, 0.3) is 10.8 Å². The van der Waals surface area contributed by atoms with E-state index in [1.165, 1.54) is 0 Å². The van der Waals surface area contributed by atoms with Gasteiger partial charge in [0.25, 0.3) is 5.91 Å². The number of carbonyl (C=O) groups excluding carboxylic acids is 2. The van der Waals surface area contributed by atoms with Crippen LogP contribution < -0.4 is 15.5 Å². The second kappa shape index (κ2) is 9.59. The predicted molar refractivity (Wildman–Crippen MR) is 120 cm³/mol. The number of morpholine rings is 1. The molecule has 160 valence electrons. The van der Waals surface area contributed by atoms with Gasteiger partial charge in [-0.05, 0) is 47.2 Å². The number of aliphatic hydroxyl groups is 1. The Kier molecular flexibility index (Phi) is 6.45. The van der Waals surface area contributed by atoms with Crippen molar-refractivity contribution in [2.75, 3.05) is 43.1 Å². The van der Waals surface area contributed by atoms with Gasteiger partial charge in [0.05, 0.1) is 19.8 Å². The number of hydrogen-bond donors (Lipinski definition) is 3. The van der Waals surface area contributed by atoms with Crippen molar-refractivity contribution >= 4 is 34.0 Å². The van der Waals surface area contributed by atoms with Gasteiger partial charge in [0.15, 0.2) is 0 Å². The summed E-state index contributed by atoms with van der Waals surface area (Å²) in [6, 6.07) is 19.5. The molecule has 7 heteroatoms. The van der Waals surface area contributed by atoms with Gasteiger partial charge in [-0.2, -0.15) is 0 Å². The molecule has 3 aromatic carbocycles. The molecular formula is C24H25N3O4. The number of ether oxygens (including phenoxy) is 1. The van der Waals surface area contributed by atoms with E-state index in [0.717, 1.165) is 29.5 Å². The van der Waals surface area contributed by atoms with Crippen molar-refractivity contribution in [3.05, 3.63) is 72.3 Å². The molecule has 0 radical (unpaired) electrons. The Bertz CT molecular complexity index is 1060. The quantitative estimate of drug-likeness (QED) is 0.571. The Morgan fingerprint density at radius 1 is 0.968 bits per heavy atom. The number of amides is 2. The minimum absolute atomic E-state index is 0.414. The first kappa shape index (κ1) is 20.8. The van der Waals surface area contributed by atoms with Crippen LogP contribution in [0.3, 0.4) is 0 Å². The molecule has 1 unspecified atom stereocenters. The Morgan fingerprint density at radius 3 is 2.39 bits per heavy atom. The Hall–Kier alpha value is -3.42. The average molecular weight is 419 g/mol. The fraction of sp³-hybridized carbons (Fsp3) is 0.250. The molecule has 1 fully saturated rings. The topological polar surface area (TPSA) is 90.9 Å². The number of benzene rings is 3. The SMILES string of the molecule is O=C(NC(CO)C(=O)Nc1ccc(N2CCOCC2)cc1)c1ccc2ccccc2c1. The Labute approximate surface area is 180 Å². The first-order chi connectivity index (χ1) is 15.1. The maximum atomic E-state index is 12.6. The highest BCUT2D eigenvalue weighted by Gasteiger charge is 2.21. The van der Waals surface area contributed by atoms with Gasteiger partial charge in [0.2, 0.25) is 5.91 Å². The molecule has 0 aromatic heterocycles. The first-order valence-corrected chi connectivity index (χ1v) is 10.3. The van der Waals surface area contributed by atoms with Gasteiger partial charge >= 0.3 is 0 Å². The molecule has 0 spiro atoms. The number of nitrogens with zero attached hydrogens (tertiary/aromatic N) is 1. The van der Waals surface area contributed by atoms with Crippen LogP contribution in [0.15, 0.2) is 66.7 Å². The zero-order valence-electron chi connectivity index (χ0n) is 17.1. The van der Waals surface area contributed by atoms with Crippen LogP contribution in [0.1, 0.15) is 10.4 Å². The lowest BCUT2D eigenvalue weighted by Crippen LogP contribution is -2.46. The summed E-state index contributed by atoms with van der Waals surface area (Å²) in [6.07, 6.45) is 0. The highest BCUT2D eigenvalue weighted by molar-refractivity contribution is 6.03. The largest absolute Gasteiger partial charge is 0.394 e. The lowest BCUT2D eigenvalue weighted by molar-refractivity contribution is -0.118. The Balaban J connectivity index is 1.38. The maximum Gasteiger partial charge on any atom is 0.252 e. The zero-order chi connectivity index (χ0) is 21.6. The molecule has 3 aromatic rings. The molecule has 1 aliphatic heterocycles. The van der Waals surface area contributed by atoms with E-state index in [1.54, 1.807) is 12.1 Å². The molecule has 2 amide bonds. The monoisotopic (exact) mass is 419 g/mol. The molecule has 0 bridgehead atoms. The van der Waals surface area contributed by atoms with Crippen molar-refractivity contribution in [1.82, 2.24) is 5.32 Å². The third-order valence-corrected chi connectivity index (χ3v) is 5.33. The molecule has 0 aliphatic carbocycles. The molecule has 1 heterocycles. The molecule has 4 rings (SSSR count). The maximum absolute atomic E-state index is 12.6. The molecule has 1 atom stereocenters. The normalized spacial score (nSPS) is 14.8. The molecule has 1 saturated heterocycles. The van der Waals surface area contributed by atoms with Gasteiger partial charge in [0.1, 0.15) is 6.04 Å². The lowest BCUT2D eigenvalue weighted by atomic mass is 10.1. The van der Waals surface area contributed by atoms with Crippen molar-refractivity contribution in [2.45, 2.75) is 6.04 Å². The van der Waals surface area contributed by atoms with E-state index >= 15 is 0 Å². The highest BCUT2D eigenvalue weighted by Crippen LogP contribution is 2.19. The van der Waals surface area contributed by atoms with Crippen LogP contribution in [0.5, 0.6) is 0 Å². The highest BCUT2D eigenvalue weighted by atomic mass is 16.5. The summed E-state index contributed by atoms with van der Waals surface area (Å²) in [5.41, 5.74) is 2.09. The van der Waals surface area contributed by atoms with E-state index in [0.29, 0.717) is 24.5 Å². The van der Waals surface area contributed by atoms with Crippen LogP contribution in [-0.4, -0.2) is 55.9 Å². The molecule has 1 aliphatic rings. The van der Waals surface area contributed by atoms with Crippen LogP contribution in [-0.2, 0) is 9.53 Å².